The molecule has 2 aromatic rings. The third kappa shape index (κ3) is 4.58. The van der Waals surface area contributed by atoms with Crippen LogP contribution in [0.1, 0.15) is 24.3 Å². The molecule has 2 heterocycles. The van der Waals surface area contributed by atoms with Crippen molar-refractivity contribution in [3.8, 4) is 0 Å². The summed E-state index contributed by atoms with van der Waals surface area (Å²) < 4.78 is 12.8. The van der Waals surface area contributed by atoms with Crippen LogP contribution in [0.4, 0.5) is 4.39 Å². The molecule has 0 aliphatic heterocycles. The third-order valence-electron chi connectivity index (χ3n) is 3.39. The van der Waals surface area contributed by atoms with Gasteiger partial charge in [-0.15, -0.1) is 0 Å². The summed E-state index contributed by atoms with van der Waals surface area (Å²) in [6, 6.07) is 6.79. The molecule has 0 saturated carbocycles. The van der Waals surface area contributed by atoms with Crippen LogP contribution in [0.15, 0.2) is 42.9 Å². The van der Waals surface area contributed by atoms with Crippen molar-refractivity contribution < 1.29 is 9.50 Å². The number of hydrogen-bond donors (Lipinski definition) is 1. The van der Waals surface area contributed by atoms with E-state index in [1.54, 1.807) is 12.4 Å². The SMILES string of the molecule is CC(CN(C)Cc1ccncc1)C(O)c1ccc(F)cn1. The molecule has 2 aromatic heterocycles. The second-order valence-corrected chi connectivity index (χ2v) is 5.38. The highest BCUT2D eigenvalue weighted by molar-refractivity contribution is 5.10. The molecule has 4 nitrogen and oxygen atoms in total. The van der Waals surface area contributed by atoms with Crippen LogP contribution in [0, 0.1) is 11.7 Å². The second-order valence-electron chi connectivity index (χ2n) is 5.38. The Morgan fingerprint density at radius 3 is 2.57 bits per heavy atom. The van der Waals surface area contributed by atoms with Crippen LogP contribution >= 0.6 is 0 Å². The van der Waals surface area contributed by atoms with Crippen LogP contribution in [-0.4, -0.2) is 33.6 Å². The number of aliphatic hydroxyl groups excluding tert-OH is 1. The molecule has 0 fully saturated rings. The Bertz CT molecular complexity index is 547. The Kier molecular flexibility index (Phi) is 5.36. The average molecular weight is 289 g/mol. The third-order valence-corrected chi connectivity index (χ3v) is 3.39. The highest BCUT2D eigenvalue weighted by atomic mass is 19.1. The van der Waals surface area contributed by atoms with Crippen LogP contribution in [0.5, 0.6) is 0 Å². The number of aromatic nitrogens is 2. The van der Waals surface area contributed by atoms with E-state index in [0.29, 0.717) is 12.2 Å². The van der Waals surface area contributed by atoms with Crippen LogP contribution in [0.25, 0.3) is 0 Å². The Morgan fingerprint density at radius 2 is 1.95 bits per heavy atom. The minimum Gasteiger partial charge on any atom is -0.386 e. The normalized spacial score (nSPS) is 14.1. The van der Waals surface area contributed by atoms with E-state index in [9.17, 15) is 9.50 Å². The number of rotatable bonds is 6. The summed E-state index contributed by atoms with van der Waals surface area (Å²) >= 11 is 0. The number of hydrogen-bond acceptors (Lipinski definition) is 4. The number of aliphatic hydroxyl groups is 1. The van der Waals surface area contributed by atoms with E-state index in [1.165, 1.54) is 17.7 Å². The van der Waals surface area contributed by atoms with E-state index in [0.717, 1.165) is 12.7 Å². The predicted molar refractivity (Wildman–Crippen MR) is 78.9 cm³/mol. The van der Waals surface area contributed by atoms with Crippen molar-refractivity contribution in [1.82, 2.24) is 14.9 Å². The second kappa shape index (κ2) is 7.24. The summed E-state index contributed by atoms with van der Waals surface area (Å²) in [4.78, 5) is 10.1. The van der Waals surface area contributed by atoms with Gasteiger partial charge in [0.2, 0.25) is 0 Å². The van der Waals surface area contributed by atoms with E-state index in [4.69, 9.17) is 0 Å². The molecular weight excluding hydrogens is 269 g/mol. The first-order valence-corrected chi connectivity index (χ1v) is 6.93. The molecule has 2 atom stereocenters. The van der Waals surface area contributed by atoms with Gasteiger partial charge in [0.05, 0.1) is 18.0 Å². The minimum absolute atomic E-state index is 0.00482. The Labute approximate surface area is 124 Å². The monoisotopic (exact) mass is 289 g/mol. The maximum Gasteiger partial charge on any atom is 0.141 e. The van der Waals surface area contributed by atoms with E-state index >= 15 is 0 Å². The van der Waals surface area contributed by atoms with Crippen molar-refractivity contribution in [3.63, 3.8) is 0 Å². The van der Waals surface area contributed by atoms with Gasteiger partial charge in [-0.25, -0.2) is 4.39 Å². The van der Waals surface area contributed by atoms with Gasteiger partial charge in [-0.1, -0.05) is 6.92 Å². The zero-order chi connectivity index (χ0) is 15.2. The fourth-order valence-electron chi connectivity index (χ4n) is 2.31. The van der Waals surface area contributed by atoms with Gasteiger partial charge in [-0.3, -0.25) is 9.97 Å². The zero-order valence-electron chi connectivity index (χ0n) is 12.3. The molecule has 0 saturated heterocycles. The molecule has 21 heavy (non-hydrogen) atoms. The average Bonchev–Trinajstić information content (AvgIpc) is 2.48. The van der Waals surface area contributed by atoms with Crippen LogP contribution in [-0.2, 0) is 6.54 Å². The smallest absolute Gasteiger partial charge is 0.141 e. The van der Waals surface area contributed by atoms with Gasteiger partial charge in [0.1, 0.15) is 5.82 Å². The van der Waals surface area contributed by atoms with E-state index < -0.39 is 11.9 Å². The van der Waals surface area contributed by atoms with Crippen LogP contribution in [0.3, 0.4) is 0 Å². The summed E-state index contributed by atoms with van der Waals surface area (Å²) in [5.41, 5.74) is 1.68. The van der Waals surface area contributed by atoms with Gasteiger partial charge in [0, 0.05) is 31.4 Å². The highest BCUT2D eigenvalue weighted by Gasteiger charge is 2.19. The molecule has 0 aromatic carbocycles. The molecule has 0 spiro atoms. The first kappa shape index (κ1) is 15.5. The standard InChI is InChI=1S/C16H20FN3O/c1-12(16(21)15-4-3-14(17)9-19-15)10-20(2)11-13-5-7-18-8-6-13/h3-9,12,16,21H,10-11H2,1-2H3. The van der Waals surface area contributed by atoms with Gasteiger partial charge in [0.25, 0.3) is 0 Å². The van der Waals surface area contributed by atoms with Crippen molar-refractivity contribution in [2.75, 3.05) is 13.6 Å². The first-order chi connectivity index (χ1) is 10.1. The topological polar surface area (TPSA) is 49.2 Å². The van der Waals surface area contributed by atoms with Gasteiger partial charge < -0.3 is 10.0 Å². The molecule has 5 heteroatoms. The van der Waals surface area contributed by atoms with Gasteiger partial charge >= 0.3 is 0 Å². The quantitative estimate of drug-likeness (QED) is 0.887. The molecule has 0 amide bonds. The maximum absolute atomic E-state index is 12.8. The molecule has 112 valence electrons. The Hall–Kier alpha value is -1.85. The van der Waals surface area contributed by atoms with Crippen molar-refractivity contribution in [3.05, 3.63) is 59.9 Å². The first-order valence-electron chi connectivity index (χ1n) is 6.93. The number of halogens is 1. The molecule has 1 N–H and O–H groups in total. The lowest BCUT2D eigenvalue weighted by Crippen LogP contribution is -2.27. The maximum atomic E-state index is 12.8. The molecule has 0 radical (unpaired) electrons. The summed E-state index contributed by atoms with van der Waals surface area (Å²) in [7, 11) is 2.00. The molecule has 2 unspecified atom stereocenters. The largest absolute Gasteiger partial charge is 0.386 e. The Morgan fingerprint density at radius 1 is 1.24 bits per heavy atom. The van der Waals surface area contributed by atoms with Crippen molar-refractivity contribution in [2.24, 2.45) is 5.92 Å². The summed E-state index contributed by atoms with van der Waals surface area (Å²) in [6.45, 7) is 3.46. The van der Waals surface area contributed by atoms with Gasteiger partial charge in [0.15, 0.2) is 0 Å². The molecular formula is C16H20FN3O. The fourth-order valence-corrected chi connectivity index (χ4v) is 2.31. The summed E-state index contributed by atoms with van der Waals surface area (Å²) in [5, 5.41) is 10.3. The lowest BCUT2D eigenvalue weighted by molar-refractivity contribution is 0.0896. The van der Waals surface area contributed by atoms with Gasteiger partial charge in [-0.05, 0) is 36.9 Å². The van der Waals surface area contributed by atoms with Crippen molar-refractivity contribution >= 4 is 0 Å². The lowest BCUT2D eigenvalue weighted by atomic mass is 10.0. The molecule has 2 rings (SSSR count). The highest BCUT2D eigenvalue weighted by Crippen LogP contribution is 2.21. The van der Waals surface area contributed by atoms with Crippen LogP contribution < -0.4 is 0 Å². The molecule has 0 bridgehead atoms. The van der Waals surface area contributed by atoms with Crippen molar-refractivity contribution in [1.29, 1.82) is 0 Å². The van der Waals surface area contributed by atoms with Crippen molar-refractivity contribution in [2.45, 2.75) is 19.6 Å². The van der Waals surface area contributed by atoms with E-state index in [1.807, 2.05) is 26.1 Å². The van der Waals surface area contributed by atoms with E-state index in [-0.39, 0.29) is 5.92 Å². The summed E-state index contributed by atoms with van der Waals surface area (Å²) in [6.07, 6.45) is 3.96. The van der Waals surface area contributed by atoms with E-state index in [2.05, 4.69) is 14.9 Å². The minimum atomic E-state index is -0.703. The number of nitrogens with zero attached hydrogens (tertiary/aromatic N) is 3. The predicted octanol–water partition coefficient (Wildman–Crippen LogP) is 2.42. The fraction of sp³-hybridized carbons (Fsp3) is 0.375. The van der Waals surface area contributed by atoms with Crippen LogP contribution in [0.2, 0.25) is 0 Å². The Balaban J connectivity index is 1.91. The summed E-state index contributed by atoms with van der Waals surface area (Å²) in [5.74, 6) is -0.400. The number of pyridine rings is 2. The van der Waals surface area contributed by atoms with Gasteiger partial charge in [-0.2, -0.15) is 0 Å². The molecule has 0 aliphatic rings. The zero-order valence-corrected chi connectivity index (χ0v) is 12.3. The lowest BCUT2D eigenvalue weighted by Gasteiger charge is -2.24. The molecule has 0 aliphatic carbocycles.